The SMILES string of the molecule is CCCNCC(C)(CCC)CN1CCCCC1CCC. The molecule has 1 N–H and O–H groups in total. The summed E-state index contributed by atoms with van der Waals surface area (Å²) in [5.74, 6) is 0. The van der Waals surface area contributed by atoms with E-state index >= 15 is 0 Å². The first-order valence-electron chi connectivity index (χ1n) is 9.10. The molecule has 1 heterocycles. The van der Waals surface area contributed by atoms with Gasteiger partial charge in [-0.1, -0.05) is 47.0 Å². The molecule has 0 aromatic rings. The summed E-state index contributed by atoms with van der Waals surface area (Å²) >= 11 is 0. The summed E-state index contributed by atoms with van der Waals surface area (Å²) in [5, 5.41) is 3.67. The van der Waals surface area contributed by atoms with Crippen LogP contribution in [0.25, 0.3) is 0 Å². The average Bonchev–Trinajstić information content (AvgIpc) is 2.42. The normalized spacial score (nSPS) is 23.7. The van der Waals surface area contributed by atoms with Gasteiger partial charge in [-0.2, -0.15) is 0 Å². The first kappa shape index (κ1) is 18.0. The molecule has 2 atom stereocenters. The van der Waals surface area contributed by atoms with Crippen molar-refractivity contribution in [2.45, 2.75) is 85.1 Å². The molecule has 0 aliphatic carbocycles. The van der Waals surface area contributed by atoms with E-state index in [0.29, 0.717) is 5.41 Å². The topological polar surface area (TPSA) is 15.3 Å². The van der Waals surface area contributed by atoms with Crippen LogP contribution >= 0.6 is 0 Å². The molecule has 0 saturated carbocycles. The van der Waals surface area contributed by atoms with Gasteiger partial charge in [0.05, 0.1) is 0 Å². The van der Waals surface area contributed by atoms with E-state index in [4.69, 9.17) is 0 Å². The van der Waals surface area contributed by atoms with Gasteiger partial charge in [0, 0.05) is 19.1 Å². The van der Waals surface area contributed by atoms with E-state index in [1.54, 1.807) is 0 Å². The molecule has 0 bridgehead atoms. The molecule has 20 heavy (non-hydrogen) atoms. The van der Waals surface area contributed by atoms with Crippen molar-refractivity contribution in [1.82, 2.24) is 10.2 Å². The molecular formula is C18H38N2. The van der Waals surface area contributed by atoms with Crippen LogP contribution in [0.5, 0.6) is 0 Å². The molecule has 1 rings (SSSR count). The fraction of sp³-hybridized carbons (Fsp3) is 1.00. The molecule has 0 amide bonds. The molecular weight excluding hydrogens is 244 g/mol. The van der Waals surface area contributed by atoms with Crippen molar-refractivity contribution in [3.05, 3.63) is 0 Å². The second-order valence-corrected chi connectivity index (χ2v) is 7.15. The Bertz CT molecular complexity index is 240. The van der Waals surface area contributed by atoms with Gasteiger partial charge in [0.2, 0.25) is 0 Å². The van der Waals surface area contributed by atoms with Crippen LogP contribution in [0, 0.1) is 5.41 Å². The Labute approximate surface area is 127 Å². The van der Waals surface area contributed by atoms with Crippen LogP contribution in [0.3, 0.4) is 0 Å². The van der Waals surface area contributed by atoms with E-state index in [1.807, 2.05) is 0 Å². The number of likely N-dealkylation sites (tertiary alicyclic amines) is 1. The van der Waals surface area contributed by atoms with Gasteiger partial charge < -0.3 is 5.32 Å². The highest BCUT2D eigenvalue weighted by atomic mass is 15.2. The van der Waals surface area contributed by atoms with Gasteiger partial charge in [0.15, 0.2) is 0 Å². The van der Waals surface area contributed by atoms with Gasteiger partial charge >= 0.3 is 0 Å². The first-order chi connectivity index (χ1) is 9.65. The first-order valence-corrected chi connectivity index (χ1v) is 9.10. The van der Waals surface area contributed by atoms with Gasteiger partial charge in [0.1, 0.15) is 0 Å². The number of hydrogen-bond donors (Lipinski definition) is 1. The number of nitrogens with one attached hydrogen (secondary N) is 1. The van der Waals surface area contributed by atoms with E-state index in [2.05, 4.69) is 37.9 Å². The Morgan fingerprint density at radius 3 is 2.55 bits per heavy atom. The Balaban J connectivity index is 2.56. The minimum Gasteiger partial charge on any atom is -0.316 e. The van der Waals surface area contributed by atoms with Crippen LogP contribution < -0.4 is 5.32 Å². The molecule has 0 spiro atoms. The predicted molar refractivity (Wildman–Crippen MR) is 90.3 cm³/mol. The van der Waals surface area contributed by atoms with E-state index < -0.39 is 0 Å². The van der Waals surface area contributed by atoms with Crippen molar-refractivity contribution in [1.29, 1.82) is 0 Å². The van der Waals surface area contributed by atoms with Crippen LogP contribution in [0.4, 0.5) is 0 Å². The van der Waals surface area contributed by atoms with E-state index in [-0.39, 0.29) is 0 Å². The quantitative estimate of drug-likeness (QED) is 0.596. The summed E-state index contributed by atoms with van der Waals surface area (Å²) in [7, 11) is 0. The lowest BCUT2D eigenvalue weighted by Crippen LogP contribution is -2.48. The lowest BCUT2D eigenvalue weighted by molar-refractivity contribution is 0.0771. The fourth-order valence-electron chi connectivity index (χ4n) is 3.81. The Hall–Kier alpha value is -0.0800. The molecule has 0 aromatic carbocycles. The maximum Gasteiger partial charge on any atom is 0.00954 e. The summed E-state index contributed by atoms with van der Waals surface area (Å²) in [5.41, 5.74) is 0.452. The summed E-state index contributed by atoms with van der Waals surface area (Å²) in [6.45, 7) is 14.4. The number of hydrogen-bond acceptors (Lipinski definition) is 2. The van der Waals surface area contributed by atoms with Crippen LogP contribution in [-0.2, 0) is 0 Å². The predicted octanol–water partition coefficient (Wildman–Crippen LogP) is 4.45. The minimum absolute atomic E-state index is 0.452. The molecule has 1 saturated heterocycles. The standard InChI is InChI=1S/C18H38N2/c1-5-10-17-11-8-9-14-20(17)16-18(4,12-6-2)15-19-13-7-3/h17,19H,5-16H2,1-4H3. The molecule has 2 nitrogen and oxygen atoms in total. The van der Waals surface area contributed by atoms with Crippen molar-refractivity contribution < 1.29 is 0 Å². The minimum atomic E-state index is 0.452. The zero-order valence-electron chi connectivity index (χ0n) is 14.5. The van der Waals surface area contributed by atoms with Crippen molar-refractivity contribution in [2.24, 2.45) is 5.41 Å². The Morgan fingerprint density at radius 1 is 1.10 bits per heavy atom. The highest BCUT2D eigenvalue weighted by Crippen LogP contribution is 2.29. The van der Waals surface area contributed by atoms with Gasteiger partial charge in [0.25, 0.3) is 0 Å². The molecule has 2 unspecified atom stereocenters. The van der Waals surface area contributed by atoms with Gasteiger partial charge in [-0.3, -0.25) is 4.90 Å². The summed E-state index contributed by atoms with van der Waals surface area (Å²) < 4.78 is 0. The summed E-state index contributed by atoms with van der Waals surface area (Å²) in [6, 6.07) is 0.858. The Morgan fingerprint density at radius 2 is 1.90 bits per heavy atom. The molecule has 0 radical (unpaired) electrons. The largest absolute Gasteiger partial charge is 0.316 e. The smallest absolute Gasteiger partial charge is 0.00954 e. The molecule has 1 aliphatic rings. The third kappa shape index (κ3) is 6.13. The number of piperidine rings is 1. The zero-order valence-corrected chi connectivity index (χ0v) is 14.5. The van der Waals surface area contributed by atoms with Crippen LogP contribution in [-0.4, -0.2) is 37.1 Å². The van der Waals surface area contributed by atoms with E-state index in [9.17, 15) is 0 Å². The average molecular weight is 283 g/mol. The van der Waals surface area contributed by atoms with Gasteiger partial charge in [-0.05, 0) is 50.6 Å². The molecule has 1 fully saturated rings. The molecule has 120 valence electrons. The Kier molecular flexibility index (Phi) is 8.79. The third-order valence-electron chi connectivity index (χ3n) is 4.79. The molecule has 0 aromatic heterocycles. The second kappa shape index (κ2) is 9.78. The fourth-order valence-corrected chi connectivity index (χ4v) is 3.81. The number of rotatable bonds is 10. The van der Waals surface area contributed by atoms with Crippen molar-refractivity contribution in [2.75, 3.05) is 26.2 Å². The van der Waals surface area contributed by atoms with Crippen molar-refractivity contribution >= 4 is 0 Å². The number of nitrogens with zero attached hydrogens (tertiary/aromatic N) is 1. The van der Waals surface area contributed by atoms with E-state index in [1.165, 1.54) is 71.0 Å². The lowest BCUT2D eigenvalue weighted by atomic mass is 9.83. The second-order valence-electron chi connectivity index (χ2n) is 7.15. The highest BCUT2D eigenvalue weighted by Gasteiger charge is 2.30. The summed E-state index contributed by atoms with van der Waals surface area (Å²) in [4.78, 5) is 2.82. The lowest BCUT2D eigenvalue weighted by Gasteiger charge is -2.42. The highest BCUT2D eigenvalue weighted by molar-refractivity contribution is 4.85. The van der Waals surface area contributed by atoms with Crippen LogP contribution in [0.2, 0.25) is 0 Å². The molecule has 2 heteroatoms. The summed E-state index contributed by atoms with van der Waals surface area (Å²) in [6.07, 6.45) is 10.9. The third-order valence-corrected chi connectivity index (χ3v) is 4.79. The van der Waals surface area contributed by atoms with Crippen LogP contribution in [0.15, 0.2) is 0 Å². The maximum absolute atomic E-state index is 3.67. The zero-order chi connectivity index (χ0) is 14.8. The molecule has 1 aliphatic heterocycles. The van der Waals surface area contributed by atoms with Gasteiger partial charge in [-0.25, -0.2) is 0 Å². The van der Waals surface area contributed by atoms with Gasteiger partial charge in [-0.15, -0.1) is 0 Å². The van der Waals surface area contributed by atoms with Crippen molar-refractivity contribution in [3.63, 3.8) is 0 Å². The monoisotopic (exact) mass is 282 g/mol. The van der Waals surface area contributed by atoms with Crippen LogP contribution in [0.1, 0.15) is 79.1 Å². The van der Waals surface area contributed by atoms with Crippen molar-refractivity contribution in [3.8, 4) is 0 Å². The maximum atomic E-state index is 3.67. The van der Waals surface area contributed by atoms with E-state index in [0.717, 1.165) is 12.6 Å².